The largest absolute Gasteiger partial charge is 0.417 e. The minimum atomic E-state index is -0.786. The molecule has 0 aliphatic rings. The van der Waals surface area contributed by atoms with Crippen LogP contribution in [0.3, 0.4) is 0 Å². The molecule has 1 aromatic heterocycles. The molecule has 0 unspecified atom stereocenters. The molecule has 7 heteroatoms. The fraction of sp³-hybridized carbons (Fsp3) is 0.636. The van der Waals surface area contributed by atoms with Gasteiger partial charge in [-0.15, -0.1) is 10.2 Å². The molecule has 0 saturated carbocycles. The quantitative estimate of drug-likeness (QED) is 0.764. The van der Waals surface area contributed by atoms with Crippen molar-refractivity contribution in [3.05, 3.63) is 11.8 Å². The number of amides is 1. The monoisotopic (exact) mass is 254 g/mol. The van der Waals surface area contributed by atoms with E-state index in [9.17, 15) is 9.59 Å². The van der Waals surface area contributed by atoms with E-state index in [1.807, 2.05) is 20.8 Å². The van der Waals surface area contributed by atoms with Crippen molar-refractivity contribution in [3.8, 4) is 0 Å². The van der Waals surface area contributed by atoms with E-state index < -0.39 is 11.9 Å². The highest BCUT2D eigenvalue weighted by Crippen LogP contribution is 2.19. The van der Waals surface area contributed by atoms with Crippen molar-refractivity contribution in [2.75, 3.05) is 0 Å². The lowest BCUT2D eigenvalue weighted by molar-refractivity contribution is -0.122. The normalized spacial score (nSPS) is 13.3. The number of carbonyl (C=O) groups is 2. The van der Waals surface area contributed by atoms with Crippen LogP contribution in [0.25, 0.3) is 0 Å². The van der Waals surface area contributed by atoms with Crippen LogP contribution in [0.5, 0.6) is 0 Å². The first-order valence-electron chi connectivity index (χ1n) is 5.62. The Morgan fingerprint density at radius 1 is 1.33 bits per heavy atom. The van der Waals surface area contributed by atoms with Gasteiger partial charge < -0.3 is 15.9 Å². The van der Waals surface area contributed by atoms with Crippen LogP contribution in [0.4, 0.5) is 0 Å². The topological polar surface area (TPSA) is 125 Å². The number of ketones is 1. The van der Waals surface area contributed by atoms with Gasteiger partial charge in [0.25, 0.3) is 0 Å². The minimum Gasteiger partial charge on any atom is -0.417 e. The van der Waals surface area contributed by atoms with Crippen molar-refractivity contribution >= 4 is 11.7 Å². The zero-order valence-corrected chi connectivity index (χ0v) is 10.8. The van der Waals surface area contributed by atoms with Crippen molar-refractivity contribution in [3.63, 3.8) is 0 Å². The lowest BCUT2D eigenvalue weighted by Gasteiger charge is -2.25. The van der Waals surface area contributed by atoms with Gasteiger partial charge in [0.05, 0.1) is 6.04 Å². The Labute approximate surface area is 105 Å². The summed E-state index contributed by atoms with van der Waals surface area (Å²) >= 11 is 0. The van der Waals surface area contributed by atoms with Crippen LogP contribution >= 0.6 is 0 Å². The highest BCUT2D eigenvalue weighted by atomic mass is 16.4. The Balaban J connectivity index is 2.55. The van der Waals surface area contributed by atoms with Crippen LogP contribution < -0.4 is 11.5 Å². The van der Waals surface area contributed by atoms with Gasteiger partial charge in [-0.3, -0.25) is 9.59 Å². The van der Waals surface area contributed by atoms with Gasteiger partial charge in [-0.2, -0.15) is 0 Å². The lowest BCUT2D eigenvalue weighted by atomic mass is 9.84. The number of aryl methyl sites for hydroxylation is 1. The molecule has 18 heavy (non-hydrogen) atoms. The molecule has 0 spiro atoms. The molecule has 7 nitrogen and oxygen atoms in total. The van der Waals surface area contributed by atoms with E-state index in [-0.39, 0.29) is 35.8 Å². The number of carbonyl (C=O) groups excluding carboxylic acids is 2. The smallest absolute Gasteiger partial charge is 0.306 e. The van der Waals surface area contributed by atoms with Crippen molar-refractivity contribution < 1.29 is 14.0 Å². The van der Waals surface area contributed by atoms with Crippen LogP contribution in [-0.4, -0.2) is 27.9 Å². The third kappa shape index (κ3) is 3.63. The second-order valence-corrected chi connectivity index (χ2v) is 5.18. The van der Waals surface area contributed by atoms with E-state index in [1.165, 1.54) is 0 Å². The van der Waals surface area contributed by atoms with Gasteiger partial charge in [-0.25, -0.2) is 0 Å². The first-order valence-corrected chi connectivity index (χ1v) is 5.62. The molecular formula is C11H18N4O3. The number of hydrogen-bond acceptors (Lipinski definition) is 6. The zero-order valence-electron chi connectivity index (χ0n) is 10.8. The minimum absolute atomic E-state index is 0.0821. The van der Waals surface area contributed by atoms with Gasteiger partial charge >= 0.3 is 11.8 Å². The molecule has 1 heterocycles. The van der Waals surface area contributed by atoms with Crippen LogP contribution in [-0.2, 0) is 11.2 Å². The molecule has 0 radical (unpaired) electrons. The first kappa shape index (κ1) is 14.3. The predicted octanol–water partition coefficient (Wildman–Crippen LogP) is 0.0436. The van der Waals surface area contributed by atoms with E-state index in [2.05, 4.69) is 10.2 Å². The number of hydrogen-bond donors (Lipinski definition) is 2. The molecule has 0 aromatic carbocycles. The fourth-order valence-electron chi connectivity index (χ4n) is 1.32. The van der Waals surface area contributed by atoms with Crippen LogP contribution in [0.2, 0.25) is 0 Å². The SMILES string of the molecule is CC(C)(C)[C@H](N)C(=O)CCc1nnc(C(N)=O)o1. The van der Waals surface area contributed by atoms with Crippen molar-refractivity contribution in [2.45, 2.75) is 39.7 Å². The third-order valence-corrected chi connectivity index (χ3v) is 2.54. The molecule has 1 amide bonds. The Kier molecular flexibility index (Phi) is 4.18. The Morgan fingerprint density at radius 2 is 1.94 bits per heavy atom. The maximum Gasteiger partial charge on any atom is 0.306 e. The summed E-state index contributed by atoms with van der Waals surface area (Å²) in [6.07, 6.45) is 0.446. The van der Waals surface area contributed by atoms with Crippen LogP contribution in [0.15, 0.2) is 4.42 Å². The molecular weight excluding hydrogens is 236 g/mol. The van der Waals surface area contributed by atoms with Gasteiger partial charge in [0, 0.05) is 12.8 Å². The highest BCUT2D eigenvalue weighted by molar-refractivity contribution is 5.87. The average molecular weight is 254 g/mol. The Bertz CT molecular complexity index is 447. The van der Waals surface area contributed by atoms with E-state index in [0.717, 1.165) is 0 Å². The van der Waals surface area contributed by atoms with Gasteiger partial charge in [0.15, 0.2) is 5.78 Å². The number of nitrogens with two attached hydrogens (primary N) is 2. The van der Waals surface area contributed by atoms with Gasteiger partial charge in [0.2, 0.25) is 5.89 Å². The predicted molar refractivity (Wildman–Crippen MR) is 63.6 cm³/mol. The summed E-state index contributed by atoms with van der Waals surface area (Å²) in [6, 6.07) is -0.545. The molecule has 0 saturated heterocycles. The van der Waals surface area contributed by atoms with Gasteiger partial charge in [0.1, 0.15) is 0 Å². The number of Topliss-reactive ketones (excluding diaryl/α,β-unsaturated/α-hetero) is 1. The van der Waals surface area contributed by atoms with E-state index in [1.54, 1.807) is 0 Å². The number of rotatable bonds is 5. The summed E-state index contributed by atoms with van der Waals surface area (Å²) in [4.78, 5) is 22.5. The fourth-order valence-corrected chi connectivity index (χ4v) is 1.32. The average Bonchev–Trinajstić information content (AvgIpc) is 2.72. The van der Waals surface area contributed by atoms with Gasteiger partial charge in [-0.05, 0) is 5.41 Å². The summed E-state index contributed by atoms with van der Waals surface area (Å²) < 4.78 is 4.97. The molecule has 4 N–H and O–H groups in total. The maximum absolute atomic E-state index is 11.8. The number of aromatic nitrogens is 2. The molecule has 0 aliphatic carbocycles. The Hall–Kier alpha value is -1.76. The van der Waals surface area contributed by atoms with Crippen molar-refractivity contribution in [1.29, 1.82) is 0 Å². The summed E-state index contributed by atoms with van der Waals surface area (Å²) in [5.74, 6) is -0.913. The lowest BCUT2D eigenvalue weighted by Crippen LogP contribution is -2.42. The zero-order chi connectivity index (χ0) is 13.9. The van der Waals surface area contributed by atoms with Crippen molar-refractivity contribution in [1.82, 2.24) is 10.2 Å². The summed E-state index contributed by atoms with van der Waals surface area (Å²) in [7, 11) is 0. The summed E-state index contributed by atoms with van der Waals surface area (Å²) in [6.45, 7) is 5.69. The molecule has 1 atom stereocenters. The summed E-state index contributed by atoms with van der Waals surface area (Å²) in [5.41, 5.74) is 10.5. The summed E-state index contributed by atoms with van der Waals surface area (Å²) in [5, 5.41) is 7.07. The number of nitrogens with zero attached hydrogens (tertiary/aromatic N) is 2. The molecule has 0 bridgehead atoms. The second kappa shape index (κ2) is 5.26. The Morgan fingerprint density at radius 3 is 2.39 bits per heavy atom. The highest BCUT2D eigenvalue weighted by Gasteiger charge is 2.27. The molecule has 100 valence electrons. The molecule has 0 fully saturated rings. The third-order valence-electron chi connectivity index (χ3n) is 2.54. The van der Waals surface area contributed by atoms with Crippen molar-refractivity contribution in [2.24, 2.45) is 16.9 Å². The van der Waals surface area contributed by atoms with Crippen LogP contribution in [0, 0.1) is 5.41 Å². The molecule has 1 aromatic rings. The number of primary amides is 1. The standard InChI is InChI=1S/C11H18N4O3/c1-11(2,3)8(12)6(16)4-5-7-14-15-10(18-7)9(13)17/h8H,4-5,12H2,1-3H3,(H2,13,17)/t8-/m1/s1. The first-order chi connectivity index (χ1) is 8.21. The van der Waals surface area contributed by atoms with E-state index in [4.69, 9.17) is 15.9 Å². The van der Waals surface area contributed by atoms with E-state index in [0.29, 0.717) is 0 Å². The van der Waals surface area contributed by atoms with Gasteiger partial charge in [-0.1, -0.05) is 20.8 Å². The van der Waals surface area contributed by atoms with E-state index >= 15 is 0 Å². The maximum atomic E-state index is 11.8. The second-order valence-electron chi connectivity index (χ2n) is 5.18. The molecule has 0 aliphatic heterocycles. The molecule has 1 rings (SSSR count). The van der Waals surface area contributed by atoms with Crippen LogP contribution in [0.1, 0.15) is 43.8 Å².